The third-order valence-electron chi connectivity index (χ3n) is 6.47. The molecule has 1 aromatic carbocycles. The van der Waals surface area contributed by atoms with Crippen LogP contribution in [0.1, 0.15) is 56.0 Å². The van der Waals surface area contributed by atoms with Gasteiger partial charge in [0, 0.05) is 18.2 Å². The van der Waals surface area contributed by atoms with Gasteiger partial charge in [-0.25, -0.2) is 4.98 Å². The number of aromatic nitrogens is 2. The van der Waals surface area contributed by atoms with E-state index < -0.39 is 12.2 Å². The first-order chi connectivity index (χ1) is 15.6. The molecule has 176 valence electrons. The third-order valence-corrected chi connectivity index (χ3v) is 6.47. The fourth-order valence-electron chi connectivity index (χ4n) is 3.89. The average Bonchev–Trinajstić information content (AvgIpc) is 3.47. The number of rotatable bonds is 9. The number of hydrogen-bond donors (Lipinski definition) is 1. The summed E-state index contributed by atoms with van der Waals surface area (Å²) >= 11 is 0. The van der Waals surface area contributed by atoms with E-state index in [9.17, 15) is 18.7 Å². The van der Waals surface area contributed by atoms with Crippen molar-refractivity contribution >= 4 is 11.4 Å². The topological polar surface area (TPSA) is 73.1 Å². The summed E-state index contributed by atoms with van der Waals surface area (Å²) in [4.78, 5) is 17.3. The third kappa shape index (κ3) is 4.57. The van der Waals surface area contributed by atoms with Crippen LogP contribution in [-0.2, 0) is 5.60 Å². The van der Waals surface area contributed by atoms with Crippen molar-refractivity contribution in [2.24, 2.45) is 11.8 Å². The monoisotopic (exact) mass is 458 g/mol. The van der Waals surface area contributed by atoms with Gasteiger partial charge in [0.25, 0.3) is 0 Å². The van der Waals surface area contributed by atoms with E-state index in [4.69, 9.17) is 9.47 Å². The number of ether oxygens (including phenoxy) is 2. The van der Waals surface area contributed by atoms with E-state index in [1.165, 1.54) is 13.2 Å². The molecule has 1 fully saturated rings. The number of nitrogens with zero attached hydrogens (tertiary/aromatic N) is 2. The van der Waals surface area contributed by atoms with Crippen LogP contribution in [0.3, 0.4) is 0 Å². The lowest BCUT2D eigenvalue weighted by atomic mass is 9.86. The molecule has 0 bridgehead atoms. The predicted octanol–water partition coefficient (Wildman–Crippen LogP) is 5.46. The predicted molar refractivity (Wildman–Crippen MR) is 120 cm³/mol. The molecule has 0 radical (unpaired) electrons. The van der Waals surface area contributed by atoms with Gasteiger partial charge in [-0.3, -0.25) is 9.20 Å². The van der Waals surface area contributed by atoms with Gasteiger partial charge in [0.1, 0.15) is 22.7 Å². The lowest BCUT2D eigenvalue weighted by molar-refractivity contribution is -0.0502. The van der Waals surface area contributed by atoms with Crippen LogP contribution < -0.4 is 9.47 Å². The van der Waals surface area contributed by atoms with E-state index in [2.05, 4.69) is 4.98 Å². The summed E-state index contributed by atoms with van der Waals surface area (Å²) in [6, 6.07) is 6.67. The van der Waals surface area contributed by atoms with Crippen molar-refractivity contribution in [3.63, 3.8) is 0 Å². The molecule has 2 aromatic heterocycles. The number of fused-ring (bicyclic) bond motifs is 1. The maximum Gasteiger partial charge on any atom is 0.387 e. The second-order valence-corrected chi connectivity index (χ2v) is 9.09. The van der Waals surface area contributed by atoms with Gasteiger partial charge in [-0.1, -0.05) is 13.8 Å². The van der Waals surface area contributed by atoms with Crippen molar-refractivity contribution in [3.8, 4) is 22.8 Å². The molecule has 33 heavy (non-hydrogen) atoms. The Balaban J connectivity index is 1.80. The smallest absolute Gasteiger partial charge is 0.387 e. The molecule has 1 aliphatic rings. The van der Waals surface area contributed by atoms with Crippen LogP contribution in [0.25, 0.3) is 16.9 Å². The zero-order valence-corrected chi connectivity index (χ0v) is 19.1. The van der Waals surface area contributed by atoms with Crippen LogP contribution in [0.5, 0.6) is 11.5 Å². The van der Waals surface area contributed by atoms with Crippen molar-refractivity contribution in [1.29, 1.82) is 0 Å². The van der Waals surface area contributed by atoms with Crippen molar-refractivity contribution in [2.75, 3.05) is 7.11 Å². The molecule has 1 N–H and O–H groups in total. The van der Waals surface area contributed by atoms with E-state index >= 15 is 0 Å². The molecule has 0 amide bonds. The van der Waals surface area contributed by atoms with Gasteiger partial charge in [-0.15, -0.1) is 0 Å². The van der Waals surface area contributed by atoms with Gasteiger partial charge in [0.15, 0.2) is 5.78 Å². The lowest BCUT2D eigenvalue weighted by Gasteiger charge is -2.28. The highest BCUT2D eigenvalue weighted by atomic mass is 19.3. The summed E-state index contributed by atoms with van der Waals surface area (Å²) in [5, 5.41) is 10.8. The number of benzene rings is 1. The number of ketones is 1. The number of carbonyl (C=O) groups excluding carboxylic acids is 1. The van der Waals surface area contributed by atoms with Crippen molar-refractivity contribution in [2.45, 2.75) is 52.2 Å². The van der Waals surface area contributed by atoms with E-state index in [-0.39, 0.29) is 41.1 Å². The van der Waals surface area contributed by atoms with Gasteiger partial charge in [-0.2, -0.15) is 8.78 Å². The number of pyridine rings is 1. The van der Waals surface area contributed by atoms with Crippen LogP contribution in [-0.4, -0.2) is 34.0 Å². The van der Waals surface area contributed by atoms with Crippen LogP contribution in [0.2, 0.25) is 0 Å². The minimum absolute atomic E-state index is 0.00609. The highest BCUT2D eigenvalue weighted by Crippen LogP contribution is 2.40. The van der Waals surface area contributed by atoms with Crippen molar-refractivity contribution in [1.82, 2.24) is 9.38 Å². The second-order valence-electron chi connectivity index (χ2n) is 9.09. The molecule has 2 heterocycles. The fraction of sp³-hybridized carbons (Fsp3) is 0.440. The van der Waals surface area contributed by atoms with Gasteiger partial charge < -0.3 is 14.6 Å². The molecule has 3 aromatic rings. The summed E-state index contributed by atoms with van der Waals surface area (Å²) in [7, 11) is 1.40. The summed E-state index contributed by atoms with van der Waals surface area (Å²) in [5.41, 5.74) is 1.45. The van der Waals surface area contributed by atoms with Gasteiger partial charge in [0.2, 0.25) is 0 Å². The average molecular weight is 459 g/mol. The second kappa shape index (κ2) is 8.74. The number of alkyl halides is 2. The number of Topliss-reactive ketones (excluding diaryl/α,β-unsaturated/α-hetero) is 1. The quantitative estimate of drug-likeness (QED) is 0.431. The zero-order valence-electron chi connectivity index (χ0n) is 19.1. The van der Waals surface area contributed by atoms with Crippen LogP contribution >= 0.6 is 0 Å². The first-order valence-corrected chi connectivity index (χ1v) is 11.0. The normalized spacial score (nSPS) is 15.8. The van der Waals surface area contributed by atoms with E-state index in [1.807, 2.05) is 13.8 Å². The fourth-order valence-corrected chi connectivity index (χ4v) is 3.89. The lowest BCUT2D eigenvalue weighted by Crippen LogP contribution is -2.28. The summed E-state index contributed by atoms with van der Waals surface area (Å²) in [6.45, 7) is 2.54. The Bertz CT molecular complexity index is 1180. The Hall–Kier alpha value is -3.00. The summed E-state index contributed by atoms with van der Waals surface area (Å²) in [5.74, 6) is -0.0107. The molecule has 0 spiro atoms. The zero-order chi connectivity index (χ0) is 23.9. The molecule has 1 aliphatic carbocycles. The first-order valence-electron chi connectivity index (χ1n) is 11.0. The number of hydrogen-bond acceptors (Lipinski definition) is 5. The highest BCUT2D eigenvalue weighted by molar-refractivity contribution is 6.02. The van der Waals surface area contributed by atoms with E-state index in [0.717, 1.165) is 18.4 Å². The minimum Gasteiger partial charge on any atom is -0.496 e. The van der Waals surface area contributed by atoms with Crippen molar-refractivity contribution < 1.29 is 28.2 Å². The summed E-state index contributed by atoms with van der Waals surface area (Å²) < 4.78 is 38.4. The maximum atomic E-state index is 13.2. The number of halogens is 2. The molecule has 1 atom stereocenters. The van der Waals surface area contributed by atoms with Gasteiger partial charge in [0.05, 0.1) is 24.6 Å². The highest BCUT2D eigenvalue weighted by Gasteiger charge is 2.30. The Morgan fingerprint density at radius 2 is 1.97 bits per heavy atom. The SMILES string of the molecule is COc1cc(-c2cnc3cc(C(C)(O)C(C)C)ccn23)cc(OC(F)F)c1C(=O)CC1CC1. The van der Waals surface area contributed by atoms with Crippen LogP contribution in [0.4, 0.5) is 8.78 Å². The number of methoxy groups -OCH3 is 1. The van der Waals surface area contributed by atoms with E-state index in [1.54, 1.807) is 41.9 Å². The Morgan fingerprint density at radius 1 is 1.27 bits per heavy atom. The Morgan fingerprint density at radius 3 is 2.58 bits per heavy atom. The maximum absolute atomic E-state index is 13.2. The Kier molecular flexibility index (Phi) is 6.14. The van der Waals surface area contributed by atoms with E-state index in [0.29, 0.717) is 16.9 Å². The standard InChI is InChI=1S/C25H28F2N2O4/c1-14(2)25(3,31)17-7-8-29-18(13-28-22(29)12-17)16-10-20(32-4)23(19(30)9-15-5-6-15)21(11-16)33-24(26)27/h7-8,10-15,24,31H,5-6,9H2,1-4H3. The molecule has 8 heteroatoms. The van der Waals surface area contributed by atoms with Crippen molar-refractivity contribution in [3.05, 3.63) is 47.8 Å². The molecule has 0 aliphatic heterocycles. The number of aliphatic hydroxyl groups is 1. The first kappa shape index (κ1) is 23.2. The molecule has 1 unspecified atom stereocenters. The van der Waals surface area contributed by atoms with Gasteiger partial charge in [-0.05, 0) is 61.4 Å². The van der Waals surface area contributed by atoms with Gasteiger partial charge >= 0.3 is 6.61 Å². The number of carbonyl (C=O) groups is 1. The molecule has 4 rings (SSSR count). The summed E-state index contributed by atoms with van der Waals surface area (Å²) in [6.07, 6.45) is 5.59. The minimum atomic E-state index is -3.08. The largest absolute Gasteiger partial charge is 0.496 e. The van der Waals surface area contributed by atoms with Crippen LogP contribution in [0.15, 0.2) is 36.7 Å². The molecule has 6 nitrogen and oxygen atoms in total. The number of imidazole rings is 1. The molecular weight excluding hydrogens is 430 g/mol. The Labute approximate surface area is 191 Å². The van der Waals surface area contributed by atoms with Crippen LogP contribution in [0, 0.1) is 11.8 Å². The molecule has 1 saturated carbocycles. The molecular formula is C25H28F2N2O4. The molecule has 0 saturated heterocycles.